The molecule has 0 aliphatic carbocycles. The minimum atomic E-state index is -3.03. The van der Waals surface area contributed by atoms with Crippen molar-refractivity contribution in [1.82, 2.24) is 0 Å². The van der Waals surface area contributed by atoms with Crippen LogP contribution in [0.25, 0.3) is 0 Å². The summed E-state index contributed by atoms with van der Waals surface area (Å²) in [7, 11) is 0. The lowest BCUT2D eigenvalue weighted by Crippen LogP contribution is -2.47. The molecule has 1 aliphatic heterocycles. The van der Waals surface area contributed by atoms with Gasteiger partial charge in [0.15, 0.2) is 5.82 Å². The van der Waals surface area contributed by atoms with Crippen molar-refractivity contribution in [2.24, 2.45) is 0 Å². The summed E-state index contributed by atoms with van der Waals surface area (Å²) < 4.78 is 41.9. The Labute approximate surface area is 101 Å². The first-order chi connectivity index (χ1) is 8.29. The molecule has 4 nitrogen and oxygen atoms in total. The number of hydrogen-bond donors (Lipinski definition) is 2. The Bertz CT molecular complexity index is 503. The van der Waals surface area contributed by atoms with E-state index >= 15 is 0 Å². The van der Waals surface area contributed by atoms with Gasteiger partial charge >= 0.3 is 6.61 Å². The van der Waals surface area contributed by atoms with Gasteiger partial charge in [0.25, 0.3) is 0 Å². The highest BCUT2D eigenvalue weighted by molar-refractivity contribution is 6.05. The highest BCUT2D eigenvalue weighted by Gasteiger charge is 2.34. The number of hydrogen-bond acceptors (Lipinski definition) is 3. The quantitative estimate of drug-likeness (QED) is 0.859. The van der Waals surface area contributed by atoms with Crippen LogP contribution < -0.4 is 15.4 Å². The Kier molecular flexibility index (Phi) is 2.84. The zero-order valence-electron chi connectivity index (χ0n) is 9.68. The summed E-state index contributed by atoms with van der Waals surface area (Å²) in [5.41, 5.74) is -0.820. The van der Waals surface area contributed by atoms with E-state index in [4.69, 9.17) is 0 Å². The number of nitrogens with one attached hydrogen (secondary N) is 2. The van der Waals surface area contributed by atoms with Crippen LogP contribution in [0, 0.1) is 5.82 Å². The van der Waals surface area contributed by atoms with Crippen LogP contribution >= 0.6 is 0 Å². The number of ether oxygens (including phenoxy) is 1. The fourth-order valence-corrected chi connectivity index (χ4v) is 1.64. The lowest BCUT2D eigenvalue weighted by molar-refractivity contribution is -0.119. The topological polar surface area (TPSA) is 50.4 Å². The molecule has 1 heterocycles. The second kappa shape index (κ2) is 4.08. The summed E-state index contributed by atoms with van der Waals surface area (Å²) in [4.78, 5) is 11.6. The smallest absolute Gasteiger partial charge is 0.387 e. The molecule has 1 aromatic carbocycles. The van der Waals surface area contributed by atoms with Crippen LogP contribution in [0.1, 0.15) is 13.8 Å². The largest absolute Gasteiger partial charge is 0.435 e. The standard InChI is InChI=1S/C11H11F3N2O2/c1-11(2)9(17)15-8-6(12)3-5(18-10(13)14)4-7(8)16-11/h3-4,10,16H,1-2H3,(H,15,17). The summed E-state index contributed by atoms with van der Waals surface area (Å²) in [6.07, 6.45) is 0. The minimum Gasteiger partial charge on any atom is -0.435 e. The van der Waals surface area contributed by atoms with Crippen molar-refractivity contribution in [3.05, 3.63) is 17.9 Å². The van der Waals surface area contributed by atoms with Crippen LogP contribution in [0.3, 0.4) is 0 Å². The van der Waals surface area contributed by atoms with Crippen LogP contribution in [-0.4, -0.2) is 18.1 Å². The van der Waals surface area contributed by atoms with Gasteiger partial charge in [0, 0.05) is 12.1 Å². The van der Waals surface area contributed by atoms with Crippen molar-refractivity contribution in [3.63, 3.8) is 0 Å². The van der Waals surface area contributed by atoms with E-state index in [0.29, 0.717) is 0 Å². The number of anilines is 2. The molecular weight excluding hydrogens is 249 g/mol. The van der Waals surface area contributed by atoms with Gasteiger partial charge in [-0.1, -0.05) is 0 Å². The molecule has 2 rings (SSSR count). The summed E-state index contributed by atoms with van der Waals surface area (Å²) >= 11 is 0. The van der Waals surface area contributed by atoms with E-state index in [2.05, 4.69) is 15.4 Å². The molecule has 0 bridgehead atoms. The Morgan fingerprint density at radius 2 is 2.00 bits per heavy atom. The highest BCUT2D eigenvalue weighted by atomic mass is 19.3. The van der Waals surface area contributed by atoms with E-state index in [1.807, 2.05) is 0 Å². The third-order valence-corrected chi connectivity index (χ3v) is 2.54. The van der Waals surface area contributed by atoms with Gasteiger partial charge < -0.3 is 15.4 Å². The first kappa shape index (κ1) is 12.5. The number of benzene rings is 1. The number of amides is 1. The van der Waals surface area contributed by atoms with Gasteiger partial charge in [0.1, 0.15) is 17.0 Å². The van der Waals surface area contributed by atoms with Gasteiger partial charge in [0.2, 0.25) is 5.91 Å². The minimum absolute atomic E-state index is 0.0686. The van der Waals surface area contributed by atoms with Crippen LogP contribution in [0.2, 0.25) is 0 Å². The number of carbonyl (C=O) groups excluding carboxylic acids is 1. The molecule has 0 aromatic heterocycles. The lowest BCUT2D eigenvalue weighted by Gasteiger charge is -2.33. The van der Waals surface area contributed by atoms with Crippen molar-refractivity contribution in [1.29, 1.82) is 0 Å². The van der Waals surface area contributed by atoms with Crippen LogP contribution in [0.5, 0.6) is 5.75 Å². The molecule has 1 aliphatic rings. The second-order valence-electron chi connectivity index (χ2n) is 4.41. The van der Waals surface area contributed by atoms with E-state index in [0.717, 1.165) is 6.07 Å². The molecule has 1 aromatic rings. The van der Waals surface area contributed by atoms with Gasteiger partial charge in [-0.05, 0) is 13.8 Å². The molecule has 7 heteroatoms. The summed E-state index contributed by atoms with van der Waals surface area (Å²) in [5.74, 6) is -1.54. The van der Waals surface area contributed by atoms with Crippen molar-refractivity contribution < 1.29 is 22.7 Å². The van der Waals surface area contributed by atoms with Gasteiger partial charge in [-0.25, -0.2) is 4.39 Å². The average Bonchev–Trinajstić information content (AvgIpc) is 2.19. The van der Waals surface area contributed by atoms with E-state index in [1.165, 1.54) is 6.07 Å². The van der Waals surface area contributed by atoms with E-state index in [-0.39, 0.29) is 17.1 Å². The summed E-state index contributed by atoms with van der Waals surface area (Å²) in [6.45, 7) is 0.141. The maximum Gasteiger partial charge on any atom is 0.387 e. The molecule has 0 saturated heterocycles. The first-order valence-electron chi connectivity index (χ1n) is 5.17. The SMILES string of the molecule is CC1(C)Nc2cc(OC(F)F)cc(F)c2NC1=O. The molecule has 0 radical (unpaired) electrons. The van der Waals surface area contributed by atoms with E-state index < -0.39 is 23.9 Å². The van der Waals surface area contributed by atoms with Gasteiger partial charge in [0.05, 0.1) is 5.69 Å². The van der Waals surface area contributed by atoms with E-state index in [9.17, 15) is 18.0 Å². The number of fused-ring (bicyclic) bond motifs is 1. The monoisotopic (exact) mass is 260 g/mol. The molecule has 0 fully saturated rings. The number of alkyl halides is 2. The van der Waals surface area contributed by atoms with Gasteiger partial charge in [-0.3, -0.25) is 4.79 Å². The third-order valence-electron chi connectivity index (χ3n) is 2.54. The second-order valence-corrected chi connectivity index (χ2v) is 4.41. The van der Waals surface area contributed by atoms with Crippen molar-refractivity contribution in [2.45, 2.75) is 26.0 Å². The third kappa shape index (κ3) is 2.20. The molecule has 98 valence electrons. The molecule has 0 saturated carbocycles. The molecule has 0 unspecified atom stereocenters. The fraction of sp³-hybridized carbons (Fsp3) is 0.364. The van der Waals surface area contributed by atoms with Gasteiger partial charge in [-0.2, -0.15) is 8.78 Å². The zero-order chi connectivity index (χ0) is 13.5. The van der Waals surface area contributed by atoms with Crippen LogP contribution in [0.15, 0.2) is 12.1 Å². The Balaban J connectivity index is 2.41. The molecule has 18 heavy (non-hydrogen) atoms. The highest BCUT2D eigenvalue weighted by Crippen LogP contribution is 2.36. The van der Waals surface area contributed by atoms with Crippen LogP contribution in [0.4, 0.5) is 24.5 Å². The fourth-order valence-electron chi connectivity index (χ4n) is 1.64. The Morgan fingerprint density at radius 1 is 1.33 bits per heavy atom. The molecule has 0 spiro atoms. The zero-order valence-corrected chi connectivity index (χ0v) is 9.68. The average molecular weight is 260 g/mol. The van der Waals surface area contributed by atoms with Crippen molar-refractivity contribution in [2.75, 3.05) is 10.6 Å². The number of rotatable bonds is 2. The maximum atomic E-state index is 13.6. The Morgan fingerprint density at radius 3 is 2.61 bits per heavy atom. The number of carbonyl (C=O) groups is 1. The molecule has 0 atom stereocenters. The van der Waals surface area contributed by atoms with Crippen LogP contribution in [-0.2, 0) is 4.79 Å². The predicted molar refractivity (Wildman–Crippen MR) is 59.4 cm³/mol. The van der Waals surface area contributed by atoms with E-state index in [1.54, 1.807) is 13.8 Å². The lowest BCUT2D eigenvalue weighted by atomic mass is 10.00. The molecule has 1 amide bonds. The summed E-state index contributed by atoms with van der Waals surface area (Å²) in [6, 6.07) is 2.01. The first-order valence-corrected chi connectivity index (χ1v) is 5.17. The molecule has 2 N–H and O–H groups in total. The van der Waals surface area contributed by atoms with Crippen molar-refractivity contribution in [3.8, 4) is 5.75 Å². The van der Waals surface area contributed by atoms with Gasteiger partial charge in [-0.15, -0.1) is 0 Å². The molecular formula is C11H11F3N2O2. The maximum absolute atomic E-state index is 13.6. The van der Waals surface area contributed by atoms with Crippen molar-refractivity contribution >= 4 is 17.3 Å². The number of halogens is 3. The Hall–Kier alpha value is -1.92. The summed E-state index contributed by atoms with van der Waals surface area (Å²) in [5, 5.41) is 5.14. The predicted octanol–water partition coefficient (Wildman–Crippen LogP) is 2.57. The normalized spacial score (nSPS) is 16.9.